The molecule has 0 aromatic carbocycles. The first kappa shape index (κ1) is 13.4. The van der Waals surface area contributed by atoms with Crippen LogP contribution in [0.2, 0.25) is 0 Å². The molecule has 0 radical (unpaired) electrons. The van der Waals surface area contributed by atoms with E-state index >= 15 is 0 Å². The Hall–Kier alpha value is -1.59. The van der Waals surface area contributed by atoms with Gasteiger partial charge in [0.15, 0.2) is 5.71 Å². The van der Waals surface area contributed by atoms with E-state index in [1.165, 1.54) is 14.2 Å². The summed E-state index contributed by atoms with van der Waals surface area (Å²) in [7, 11) is 2.53. The lowest BCUT2D eigenvalue weighted by Gasteiger charge is -2.01. The monoisotopic (exact) mass is 217 g/mol. The molecule has 0 heterocycles. The van der Waals surface area contributed by atoms with Crippen molar-refractivity contribution in [2.24, 2.45) is 5.16 Å². The third-order valence-corrected chi connectivity index (χ3v) is 1.81. The van der Waals surface area contributed by atoms with Crippen molar-refractivity contribution in [2.75, 3.05) is 14.2 Å². The molecule has 0 bridgehead atoms. The van der Waals surface area contributed by atoms with E-state index in [4.69, 9.17) is 5.21 Å². The summed E-state index contributed by atoms with van der Waals surface area (Å²) < 4.78 is 8.82. The first-order chi connectivity index (χ1) is 7.15. The van der Waals surface area contributed by atoms with Gasteiger partial charge in [-0.3, -0.25) is 4.79 Å². The van der Waals surface area contributed by atoms with E-state index < -0.39 is 5.97 Å². The number of hydrogen-bond acceptors (Lipinski definition) is 6. The molecule has 0 spiro atoms. The molecule has 0 aliphatic carbocycles. The predicted molar refractivity (Wildman–Crippen MR) is 51.7 cm³/mol. The third-order valence-electron chi connectivity index (χ3n) is 1.81. The minimum absolute atomic E-state index is 0.0395. The zero-order chi connectivity index (χ0) is 11.7. The number of unbranched alkanes of at least 4 members (excludes halogenated alkanes) is 1. The van der Waals surface area contributed by atoms with Crippen molar-refractivity contribution in [3.63, 3.8) is 0 Å². The van der Waals surface area contributed by atoms with E-state index in [1.807, 2.05) is 0 Å². The second-order valence-electron chi connectivity index (χ2n) is 2.82. The normalized spacial score (nSPS) is 10.9. The van der Waals surface area contributed by atoms with Crippen molar-refractivity contribution >= 4 is 17.7 Å². The maximum atomic E-state index is 10.9. The summed E-state index contributed by atoms with van der Waals surface area (Å²) in [6.07, 6.45) is 1.70. The zero-order valence-electron chi connectivity index (χ0n) is 8.86. The number of carbonyl (C=O) groups is 2. The van der Waals surface area contributed by atoms with Crippen LogP contribution in [-0.4, -0.2) is 37.1 Å². The Bertz CT molecular complexity index is 249. The average Bonchev–Trinajstić information content (AvgIpc) is 2.27. The molecule has 6 heteroatoms. The highest BCUT2D eigenvalue weighted by molar-refractivity contribution is 6.36. The number of oxime groups is 1. The van der Waals surface area contributed by atoms with Crippen LogP contribution >= 0.6 is 0 Å². The number of carbonyl (C=O) groups excluding carboxylic acids is 2. The predicted octanol–water partition coefficient (Wildman–Crippen LogP) is 0.723. The average molecular weight is 217 g/mol. The maximum absolute atomic E-state index is 10.9. The van der Waals surface area contributed by atoms with Crippen LogP contribution in [0, 0.1) is 0 Å². The summed E-state index contributed by atoms with van der Waals surface area (Å²) in [5.41, 5.74) is -0.0395. The summed E-state index contributed by atoms with van der Waals surface area (Å²) in [5.74, 6) is -0.953. The third kappa shape index (κ3) is 5.66. The molecule has 0 aliphatic rings. The number of rotatable bonds is 6. The topological polar surface area (TPSA) is 85.2 Å². The Morgan fingerprint density at radius 1 is 1.13 bits per heavy atom. The summed E-state index contributed by atoms with van der Waals surface area (Å²) in [5, 5.41) is 11.3. The van der Waals surface area contributed by atoms with Gasteiger partial charge < -0.3 is 14.7 Å². The fourth-order valence-corrected chi connectivity index (χ4v) is 0.975. The summed E-state index contributed by atoms with van der Waals surface area (Å²) >= 11 is 0. The smallest absolute Gasteiger partial charge is 0.355 e. The molecule has 0 unspecified atom stereocenters. The van der Waals surface area contributed by atoms with E-state index in [1.54, 1.807) is 0 Å². The van der Waals surface area contributed by atoms with Gasteiger partial charge in [-0.05, 0) is 12.8 Å². The van der Waals surface area contributed by atoms with E-state index in [9.17, 15) is 9.59 Å². The van der Waals surface area contributed by atoms with Crippen molar-refractivity contribution < 1.29 is 24.3 Å². The Morgan fingerprint density at radius 3 is 2.20 bits per heavy atom. The van der Waals surface area contributed by atoms with Crippen LogP contribution in [0.3, 0.4) is 0 Å². The lowest BCUT2D eigenvalue weighted by molar-refractivity contribution is -0.140. The summed E-state index contributed by atoms with van der Waals surface area (Å²) in [6, 6.07) is 0. The number of methoxy groups -OCH3 is 2. The van der Waals surface area contributed by atoms with Crippen LogP contribution in [0.4, 0.5) is 0 Å². The first-order valence-corrected chi connectivity index (χ1v) is 4.51. The molecular weight excluding hydrogens is 202 g/mol. The van der Waals surface area contributed by atoms with Crippen molar-refractivity contribution in [1.29, 1.82) is 0 Å². The van der Waals surface area contributed by atoms with Crippen LogP contribution in [0.5, 0.6) is 0 Å². The highest BCUT2D eigenvalue weighted by atomic mass is 16.5. The van der Waals surface area contributed by atoms with Crippen LogP contribution in [-0.2, 0) is 19.1 Å². The van der Waals surface area contributed by atoms with Gasteiger partial charge in [0.2, 0.25) is 0 Å². The minimum atomic E-state index is -0.657. The second kappa shape index (κ2) is 7.78. The van der Waals surface area contributed by atoms with E-state index in [0.29, 0.717) is 12.8 Å². The Morgan fingerprint density at radius 2 is 1.73 bits per heavy atom. The van der Waals surface area contributed by atoms with Gasteiger partial charge >= 0.3 is 11.9 Å². The van der Waals surface area contributed by atoms with Gasteiger partial charge in [-0.25, -0.2) is 4.79 Å². The molecule has 0 saturated carbocycles. The maximum Gasteiger partial charge on any atom is 0.355 e. The van der Waals surface area contributed by atoms with Crippen molar-refractivity contribution in [2.45, 2.75) is 25.7 Å². The van der Waals surface area contributed by atoms with Crippen LogP contribution in [0.1, 0.15) is 25.7 Å². The lowest BCUT2D eigenvalue weighted by Crippen LogP contribution is -2.15. The first-order valence-electron chi connectivity index (χ1n) is 4.51. The fraction of sp³-hybridized carbons (Fsp3) is 0.667. The van der Waals surface area contributed by atoms with Crippen molar-refractivity contribution in [3.05, 3.63) is 0 Å². The molecular formula is C9H15NO5. The lowest BCUT2D eigenvalue weighted by atomic mass is 10.1. The molecule has 0 aromatic rings. The van der Waals surface area contributed by atoms with Crippen molar-refractivity contribution in [1.82, 2.24) is 0 Å². The number of esters is 2. The molecule has 1 N–H and O–H groups in total. The largest absolute Gasteiger partial charge is 0.469 e. The Balaban J connectivity index is 3.75. The highest BCUT2D eigenvalue weighted by Crippen LogP contribution is 2.03. The molecule has 0 aliphatic heterocycles. The number of nitrogens with zero attached hydrogens (tertiary/aromatic N) is 1. The Kier molecular flexibility index (Phi) is 6.96. The fourth-order valence-electron chi connectivity index (χ4n) is 0.975. The van der Waals surface area contributed by atoms with Gasteiger partial charge in [0.05, 0.1) is 14.2 Å². The van der Waals surface area contributed by atoms with Gasteiger partial charge in [-0.1, -0.05) is 5.16 Å². The van der Waals surface area contributed by atoms with Gasteiger partial charge in [-0.15, -0.1) is 0 Å². The quantitative estimate of drug-likeness (QED) is 0.233. The van der Waals surface area contributed by atoms with Gasteiger partial charge in [0.25, 0.3) is 0 Å². The molecule has 6 nitrogen and oxygen atoms in total. The van der Waals surface area contributed by atoms with Crippen LogP contribution in [0.15, 0.2) is 5.16 Å². The van der Waals surface area contributed by atoms with E-state index in [-0.39, 0.29) is 24.5 Å². The SMILES string of the molecule is COC(=O)CCCC/C(=N\O)C(=O)OC. The molecule has 0 rings (SSSR count). The summed E-state index contributed by atoms with van der Waals surface area (Å²) in [4.78, 5) is 21.6. The second-order valence-corrected chi connectivity index (χ2v) is 2.82. The van der Waals surface area contributed by atoms with E-state index in [2.05, 4.69) is 14.6 Å². The van der Waals surface area contributed by atoms with Gasteiger partial charge in [0, 0.05) is 12.8 Å². The van der Waals surface area contributed by atoms with Gasteiger partial charge in [-0.2, -0.15) is 0 Å². The minimum Gasteiger partial charge on any atom is -0.469 e. The standard InChI is InChI=1S/C9H15NO5/c1-14-8(11)6-4-3-5-7(10-13)9(12)15-2/h13H,3-6H2,1-2H3/b10-7+. The van der Waals surface area contributed by atoms with Gasteiger partial charge in [0.1, 0.15) is 0 Å². The molecule has 15 heavy (non-hydrogen) atoms. The molecule has 0 aromatic heterocycles. The molecule has 0 amide bonds. The van der Waals surface area contributed by atoms with Crippen molar-refractivity contribution in [3.8, 4) is 0 Å². The van der Waals surface area contributed by atoms with Crippen LogP contribution < -0.4 is 0 Å². The highest BCUT2D eigenvalue weighted by Gasteiger charge is 2.12. The Labute approximate surface area is 87.9 Å². The van der Waals surface area contributed by atoms with E-state index in [0.717, 1.165) is 0 Å². The zero-order valence-corrected chi connectivity index (χ0v) is 8.86. The number of ether oxygens (including phenoxy) is 2. The number of hydrogen-bond donors (Lipinski definition) is 1. The summed E-state index contributed by atoms with van der Waals surface area (Å²) in [6.45, 7) is 0. The molecule has 0 saturated heterocycles. The molecule has 0 fully saturated rings. The molecule has 0 atom stereocenters. The molecule has 86 valence electrons. The van der Waals surface area contributed by atoms with Crippen LogP contribution in [0.25, 0.3) is 0 Å².